The molecule has 2 aliphatic rings. The summed E-state index contributed by atoms with van der Waals surface area (Å²) in [6.07, 6.45) is 1.79. The molecule has 32 heavy (non-hydrogen) atoms. The summed E-state index contributed by atoms with van der Waals surface area (Å²) in [5.41, 5.74) is 4.01. The van der Waals surface area contributed by atoms with Gasteiger partial charge in [-0.05, 0) is 81.3 Å². The van der Waals surface area contributed by atoms with Gasteiger partial charge in [-0.25, -0.2) is 4.21 Å². The molecule has 0 bridgehead atoms. The van der Waals surface area contributed by atoms with Crippen molar-refractivity contribution in [1.29, 1.82) is 0 Å². The summed E-state index contributed by atoms with van der Waals surface area (Å²) in [6, 6.07) is 7.21. The molecule has 2 N–H and O–H groups in total. The van der Waals surface area contributed by atoms with Gasteiger partial charge >= 0.3 is 5.24 Å². The summed E-state index contributed by atoms with van der Waals surface area (Å²) in [6.45, 7) is 8.15. The summed E-state index contributed by atoms with van der Waals surface area (Å²) < 4.78 is 24.3. The smallest absolute Gasteiger partial charge is 0.316 e. The van der Waals surface area contributed by atoms with E-state index in [4.69, 9.17) is 9.47 Å². The van der Waals surface area contributed by atoms with Crippen LogP contribution in [0.2, 0.25) is 0 Å². The number of phenols is 1. The van der Waals surface area contributed by atoms with E-state index in [9.17, 15) is 18.9 Å². The van der Waals surface area contributed by atoms with E-state index in [0.29, 0.717) is 18.1 Å². The van der Waals surface area contributed by atoms with Crippen LogP contribution in [0.4, 0.5) is 4.79 Å². The number of amides is 2. The standard InChI is InChI=1S/C24H27NO6S/c1-13-14(2)21-18(15(3)20(13)26)9-10-24(4,31-21)12-30-17-7-5-16(6-8-17)11-19-22(27)25-23(28)32(19)29/h5-8,19,26H,9-12H2,1-4H3,(H,25,27,28). The van der Waals surface area contributed by atoms with Crippen molar-refractivity contribution >= 4 is 21.9 Å². The van der Waals surface area contributed by atoms with Crippen LogP contribution in [-0.4, -0.2) is 37.9 Å². The third kappa shape index (κ3) is 3.99. The first-order valence-electron chi connectivity index (χ1n) is 10.6. The summed E-state index contributed by atoms with van der Waals surface area (Å²) in [7, 11) is -1.84. The molecule has 0 radical (unpaired) electrons. The number of hydrogen-bond acceptors (Lipinski definition) is 6. The van der Waals surface area contributed by atoms with Gasteiger partial charge in [0.1, 0.15) is 45.5 Å². The van der Waals surface area contributed by atoms with Crippen LogP contribution in [0.1, 0.15) is 41.2 Å². The lowest BCUT2D eigenvalue weighted by molar-refractivity contribution is -0.119. The van der Waals surface area contributed by atoms with Crippen LogP contribution in [0.5, 0.6) is 17.2 Å². The summed E-state index contributed by atoms with van der Waals surface area (Å²) >= 11 is 0. The van der Waals surface area contributed by atoms with Crippen molar-refractivity contribution in [2.24, 2.45) is 0 Å². The maximum absolute atomic E-state index is 11.9. The zero-order chi connectivity index (χ0) is 23.2. The number of carbonyl (C=O) groups is 2. The number of rotatable bonds is 5. The molecule has 0 aromatic heterocycles. The first-order valence-corrected chi connectivity index (χ1v) is 11.8. The number of fused-ring (bicyclic) bond motifs is 1. The molecule has 2 amide bonds. The van der Waals surface area contributed by atoms with E-state index in [2.05, 4.69) is 5.32 Å². The maximum atomic E-state index is 11.9. The lowest BCUT2D eigenvalue weighted by Gasteiger charge is -2.37. The predicted molar refractivity (Wildman–Crippen MR) is 121 cm³/mol. The minimum atomic E-state index is -1.84. The number of ether oxygens (including phenoxy) is 2. The van der Waals surface area contributed by atoms with Crippen molar-refractivity contribution < 1.29 is 28.4 Å². The molecule has 2 aromatic rings. The van der Waals surface area contributed by atoms with Crippen molar-refractivity contribution in [3.63, 3.8) is 0 Å². The van der Waals surface area contributed by atoms with Crippen LogP contribution in [0, 0.1) is 20.8 Å². The number of nitrogens with one attached hydrogen (secondary N) is 1. The second-order valence-electron chi connectivity index (χ2n) is 8.78. The first kappa shape index (κ1) is 22.3. The number of imide groups is 1. The van der Waals surface area contributed by atoms with E-state index in [-0.39, 0.29) is 6.42 Å². The zero-order valence-electron chi connectivity index (χ0n) is 18.6. The van der Waals surface area contributed by atoms with E-state index in [1.165, 1.54) is 0 Å². The Kier molecular flexibility index (Phi) is 5.75. The Morgan fingerprint density at radius 2 is 1.84 bits per heavy atom. The highest BCUT2D eigenvalue weighted by atomic mass is 32.2. The molecule has 2 aromatic carbocycles. The highest BCUT2D eigenvalue weighted by Gasteiger charge is 2.39. The Hall–Kier alpha value is -2.87. The van der Waals surface area contributed by atoms with Gasteiger partial charge in [-0.2, -0.15) is 0 Å². The van der Waals surface area contributed by atoms with Gasteiger partial charge in [0.15, 0.2) is 0 Å². The molecule has 0 aliphatic carbocycles. The SMILES string of the molecule is Cc1c(C)c2c(c(C)c1O)CCC(C)(COc1ccc(CC3C(=O)NC(=O)S3=O)cc1)O2. The second kappa shape index (κ2) is 8.24. The van der Waals surface area contributed by atoms with Crippen LogP contribution in [0.25, 0.3) is 0 Å². The quantitative estimate of drug-likeness (QED) is 0.714. The van der Waals surface area contributed by atoms with Gasteiger partial charge in [0.05, 0.1) is 0 Å². The number of carbonyl (C=O) groups excluding carboxylic acids is 2. The van der Waals surface area contributed by atoms with E-state index in [0.717, 1.165) is 46.4 Å². The van der Waals surface area contributed by atoms with Crippen LogP contribution in [-0.2, 0) is 28.4 Å². The Morgan fingerprint density at radius 1 is 1.16 bits per heavy atom. The van der Waals surface area contributed by atoms with E-state index >= 15 is 0 Å². The fourth-order valence-electron chi connectivity index (χ4n) is 4.19. The highest BCUT2D eigenvalue weighted by Crippen LogP contribution is 2.43. The van der Waals surface area contributed by atoms with Gasteiger partial charge in [0.2, 0.25) is 5.91 Å². The minimum Gasteiger partial charge on any atom is -0.507 e. The molecular formula is C24H27NO6S. The lowest BCUT2D eigenvalue weighted by Crippen LogP contribution is -2.42. The van der Waals surface area contributed by atoms with Gasteiger partial charge in [-0.15, -0.1) is 0 Å². The Labute approximate surface area is 189 Å². The normalized spacial score (nSPS) is 24.6. The maximum Gasteiger partial charge on any atom is 0.316 e. The van der Waals surface area contributed by atoms with Crippen LogP contribution < -0.4 is 14.8 Å². The molecule has 4 rings (SSSR count). The van der Waals surface area contributed by atoms with Gasteiger partial charge in [-0.3, -0.25) is 14.9 Å². The zero-order valence-corrected chi connectivity index (χ0v) is 19.4. The molecule has 3 unspecified atom stereocenters. The molecule has 1 saturated heterocycles. The molecule has 170 valence electrons. The Morgan fingerprint density at radius 3 is 2.47 bits per heavy atom. The third-order valence-electron chi connectivity index (χ3n) is 6.44. The first-order chi connectivity index (χ1) is 15.1. The van der Waals surface area contributed by atoms with Gasteiger partial charge in [0.25, 0.3) is 0 Å². The number of aromatic hydroxyl groups is 1. The molecule has 7 nitrogen and oxygen atoms in total. The molecule has 3 atom stereocenters. The average Bonchev–Trinajstić information content (AvgIpc) is 3.01. The summed E-state index contributed by atoms with van der Waals surface area (Å²) in [4.78, 5) is 23.2. The van der Waals surface area contributed by atoms with Gasteiger partial charge in [0, 0.05) is 5.56 Å². The van der Waals surface area contributed by atoms with Gasteiger partial charge in [-0.1, -0.05) is 12.1 Å². The minimum absolute atomic E-state index is 0.229. The van der Waals surface area contributed by atoms with Gasteiger partial charge < -0.3 is 14.6 Å². The molecule has 2 heterocycles. The van der Waals surface area contributed by atoms with E-state index in [1.54, 1.807) is 12.1 Å². The van der Waals surface area contributed by atoms with Crippen LogP contribution in [0.3, 0.4) is 0 Å². The summed E-state index contributed by atoms with van der Waals surface area (Å²) in [5.74, 6) is 1.34. The fourth-order valence-corrected chi connectivity index (χ4v) is 5.25. The van der Waals surface area contributed by atoms with E-state index < -0.39 is 32.8 Å². The Bertz CT molecular complexity index is 1130. The third-order valence-corrected chi connectivity index (χ3v) is 7.81. The van der Waals surface area contributed by atoms with Crippen molar-refractivity contribution in [3.8, 4) is 17.2 Å². The van der Waals surface area contributed by atoms with Crippen molar-refractivity contribution in [2.45, 2.75) is 57.8 Å². The van der Waals surface area contributed by atoms with Crippen LogP contribution in [0.15, 0.2) is 24.3 Å². The molecule has 0 saturated carbocycles. The topological polar surface area (TPSA) is 102 Å². The molecule has 0 spiro atoms. The molecule has 8 heteroatoms. The molecule has 1 fully saturated rings. The van der Waals surface area contributed by atoms with Crippen LogP contribution >= 0.6 is 0 Å². The Balaban J connectivity index is 1.42. The van der Waals surface area contributed by atoms with Crippen molar-refractivity contribution in [3.05, 3.63) is 52.1 Å². The lowest BCUT2D eigenvalue weighted by atomic mass is 9.87. The monoisotopic (exact) mass is 457 g/mol. The largest absolute Gasteiger partial charge is 0.507 e. The average molecular weight is 458 g/mol. The number of phenolic OH excluding ortho intramolecular Hbond substituents is 1. The number of hydrogen-bond donors (Lipinski definition) is 2. The molecule has 2 aliphatic heterocycles. The summed E-state index contributed by atoms with van der Waals surface area (Å²) in [5, 5.41) is 10.9. The van der Waals surface area contributed by atoms with Crippen molar-refractivity contribution in [2.75, 3.05) is 6.61 Å². The highest BCUT2D eigenvalue weighted by molar-refractivity contribution is 8.02. The molecular weight excluding hydrogens is 430 g/mol. The van der Waals surface area contributed by atoms with Crippen molar-refractivity contribution in [1.82, 2.24) is 5.32 Å². The number of benzene rings is 2. The predicted octanol–water partition coefficient (Wildman–Crippen LogP) is 3.39. The van der Waals surface area contributed by atoms with E-state index in [1.807, 2.05) is 39.8 Å². The second-order valence-corrected chi connectivity index (χ2v) is 10.3. The fraction of sp³-hybridized carbons (Fsp3) is 0.417.